The van der Waals surface area contributed by atoms with Crippen LogP contribution < -0.4 is 5.32 Å². The topological polar surface area (TPSA) is 62.6 Å². The molecule has 2 aromatic rings. The Balaban J connectivity index is 1.59. The Labute approximate surface area is 159 Å². The summed E-state index contributed by atoms with van der Waals surface area (Å²) in [6.07, 6.45) is 4.67. The van der Waals surface area contributed by atoms with Crippen LogP contribution in [0.5, 0.6) is 0 Å². The molecule has 0 radical (unpaired) electrons. The quantitative estimate of drug-likeness (QED) is 0.865. The highest BCUT2D eigenvalue weighted by atomic mass is 16.3. The van der Waals surface area contributed by atoms with Crippen LogP contribution in [0.1, 0.15) is 60.9 Å². The molecule has 2 amide bonds. The van der Waals surface area contributed by atoms with Gasteiger partial charge in [-0.25, -0.2) is 0 Å². The van der Waals surface area contributed by atoms with Gasteiger partial charge in [-0.1, -0.05) is 32.9 Å². The van der Waals surface area contributed by atoms with Gasteiger partial charge in [0.25, 0.3) is 11.8 Å². The summed E-state index contributed by atoms with van der Waals surface area (Å²) in [5, 5.41) is 2.82. The summed E-state index contributed by atoms with van der Waals surface area (Å²) in [7, 11) is 0. The van der Waals surface area contributed by atoms with Crippen molar-refractivity contribution in [3.05, 3.63) is 54.0 Å². The maximum Gasteiger partial charge on any atom is 0.291 e. The summed E-state index contributed by atoms with van der Waals surface area (Å²) in [5.74, 6) is -0.131. The molecule has 1 aliphatic carbocycles. The van der Waals surface area contributed by atoms with Gasteiger partial charge in [0.15, 0.2) is 5.76 Å². The molecule has 142 valence electrons. The molecule has 5 nitrogen and oxygen atoms in total. The number of nitrogens with one attached hydrogen (secondary N) is 1. The summed E-state index contributed by atoms with van der Waals surface area (Å²) < 4.78 is 5.15. The Morgan fingerprint density at radius 2 is 1.89 bits per heavy atom. The molecule has 1 aromatic carbocycles. The van der Waals surface area contributed by atoms with Crippen molar-refractivity contribution >= 4 is 17.5 Å². The van der Waals surface area contributed by atoms with Crippen LogP contribution in [-0.4, -0.2) is 29.3 Å². The van der Waals surface area contributed by atoms with Crippen molar-refractivity contribution < 1.29 is 14.0 Å². The molecule has 5 heteroatoms. The van der Waals surface area contributed by atoms with Crippen molar-refractivity contribution in [2.75, 3.05) is 11.9 Å². The minimum atomic E-state index is -0.353. The van der Waals surface area contributed by atoms with Gasteiger partial charge in [0.2, 0.25) is 0 Å². The van der Waals surface area contributed by atoms with Crippen LogP contribution in [0.2, 0.25) is 0 Å². The third kappa shape index (κ3) is 3.38. The Morgan fingerprint density at radius 1 is 1.11 bits per heavy atom. The van der Waals surface area contributed by atoms with E-state index in [4.69, 9.17) is 4.42 Å². The minimum Gasteiger partial charge on any atom is -0.459 e. The smallest absolute Gasteiger partial charge is 0.291 e. The highest BCUT2D eigenvalue weighted by Gasteiger charge is 2.51. The number of hydrogen-bond donors (Lipinski definition) is 1. The second-order valence-corrected chi connectivity index (χ2v) is 9.12. The molecule has 1 aromatic heterocycles. The molecule has 0 spiro atoms. The molecule has 4 rings (SSSR count). The largest absolute Gasteiger partial charge is 0.459 e. The highest BCUT2D eigenvalue weighted by Crippen LogP contribution is 2.52. The average Bonchev–Trinajstić information content (AvgIpc) is 3.20. The van der Waals surface area contributed by atoms with Crippen molar-refractivity contribution in [1.82, 2.24) is 4.90 Å². The fourth-order valence-electron chi connectivity index (χ4n) is 5.22. The van der Waals surface area contributed by atoms with E-state index in [-0.39, 0.29) is 34.4 Å². The summed E-state index contributed by atoms with van der Waals surface area (Å²) in [4.78, 5) is 27.8. The number of anilines is 1. The number of fused-ring (bicyclic) bond motifs is 2. The van der Waals surface area contributed by atoms with Crippen LogP contribution >= 0.6 is 0 Å². The maximum absolute atomic E-state index is 13.4. The van der Waals surface area contributed by atoms with Gasteiger partial charge in [0.1, 0.15) is 0 Å². The number of para-hydroxylation sites is 1. The number of benzene rings is 1. The lowest BCUT2D eigenvalue weighted by molar-refractivity contribution is 0.0709. The van der Waals surface area contributed by atoms with E-state index in [9.17, 15) is 9.59 Å². The first kappa shape index (κ1) is 17.8. The molecule has 1 aliphatic heterocycles. The monoisotopic (exact) mass is 366 g/mol. The van der Waals surface area contributed by atoms with Crippen LogP contribution in [0.3, 0.4) is 0 Å². The average molecular weight is 366 g/mol. The molecule has 1 saturated carbocycles. The van der Waals surface area contributed by atoms with E-state index in [0.717, 1.165) is 25.8 Å². The SMILES string of the molecule is CC1(C)C[C@H]2C[C@@](C)(CN2C(=O)c2ccccc2NC(=O)c2ccco2)C1. The number of rotatable bonds is 3. The van der Waals surface area contributed by atoms with Crippen LogP contribution in [0, 0.1) is 10.8 Å². The van der Waals surface area contributed by atoms with Crippen LogP contribution in [0.15, 0.2) is 47.1 Å². The summed E-state index contributed by atoms with van der Waals surface area (Å²) in [6.45, 7) is 7.66. The summed E-state index contributed by atoms with van der Waals surface area (Å²) in [5.41, 5.74) is 1.48. The molecule has 0 unspecified atom stereocenters. The minimum absolute atomic E-state index is 0.00299. The van der Waals surface area contributed by atoms with Crippen molar-refractivity contribution in [2.24, 2.45) is 10.8 Å². The Morgan fingerprint density at radius 3 is 2.63 bits per heavy atom. The van der Waals surface area contributed by atoms with Crippen LogP contribution in [0.4, 0.5) is 5.69 Å². The van der Waals surface area contributed by atoms with Gasteiger partial charge in [-0.3, -0.25) is 9.59 Å². The van der Waals surface area contributed by atoms with Crippen LogP contribution in [-0.2, 0) is 0 Å². The lowest BCUT2D eigenvalue weighted by Crippen LogP contribution is -2.38. The number of likely N-dealkylation sites (tertiary alicyclic amines) is 1. The van der Waals surface area contributed by atoms with Gasteiger partial charge in [-0.15, -0.1) is 0 Å². The zero-order valence-electron chi connectivity index (χ0n) is 16.1. The molecule has 2 bridgehead atoms. The van der Waals surface area contributed by atoms with Crippen molar-refractivity contribution in [3.63, 3.8) is 0 Å². The summed E-state index contributed by atoms with van der Waals surface area (Å²) in [6, 6.07) is 10.7. The van der Waals surface area contributed by atoms with Crippen molar-refractivity contribution in [3.8, 4) is 0 Å². The zero-order valence-corrected chi connectivity index (χ0v) is 16.1. The first-order valence-electron chi connectivity index (χ1n) is 9.51. The Kier molecular flexibility index (Phi) is 4.13. The van der Waals surface area contributed by atoms with Gasteiger partial charge in [-0.2, -0.15) is 0 Å². The standard InChI is InChI=1S/C22H26N2O3/c1-21(2)11-15-12-22(3,13-21)14-24(15)20(26)16-7-4-5-8-17(16)23-19(25)18-9-6-10-27-18/h4-10,15H,11-14H2,1-3H3,(H,23,25)/t15-,22+/m0/s1. The van der Waals surface area contributed by atoms with E-state index in [2.05, 4.69) is 26.1 Å². The Hall–Kier alpha value is -2.56. The number of carbonyl (C=O) groups excluding carboxylic acids is 2. The molecular weight excluding hydrogens is 340 g/mol. The predicted molar refractivity (Wildman–Crippen MR) is 104 cm³/mol. The number of furan rings is 1. The van der Waals surface area contributed by atoms with Crippen molar-refractivity contribution in [2.45, 2.75) is 46.1 Å². The van der Waals surface area contributed by atoms with E-state index in [0.29, 0.717) is 11.3 Å². The second kappa shape index (κ2) is 6.25. The van der Waals surface area contributed by atoms with E-state index < -0.39 is 0 Å². The van der Waals surface area contributed by atoms with E-state index in [1.165, 1.54) is 6.26 Å². The van der Waals surface area contributed by atoms with Crippen LogP contribution in [0.25, 0.3) is 0 Å². The van der Waals surface area contributed by atoms with E-state index in [1.54, 1.807) is 24.3 Å². The van der Waals surface area contributed by atoms with Gasteiger partial charge < -0.3 is 14.6 Å². The summed E-state index contributed by atoms with van der Waals surface area (Å²) >= 11 is 0. The second-order valence-electron chi connectivity index (χ2n) is 9.12. The molecule has 1 saturated heterocycles. The first-order chi connectivity index (χ1) is 12.8. The van der Waals surface area contributed by atoms with Gasteiger partial charge in [0, 0.05) is 12.6 Å². The number of amides is 2. The normalized spacial score (nSPS) is 26.0. The van der Waals surface area contributed by atoms with Gasteiger partial charge in [0.05, 0.1) is 17.5 Å². The number of nitrogens with zero attached hydrogens (tertiary/aromatic N) is 1. The molecule has 1 N–H and O–H groups in total. The number of hydrogen-bond acceptors (Lipinski definition) is 3. The third-order valence-electron chi connectivity index (χ3n) is 5.83. The predicted octanol–water partition coefficient (Wildman–Crippen LogP) is 4.57. The first-order valence-corrected chi connectivity index (χ1v) is 9.51. The fourth-order valence-corrected chi connectivity index (χ4v) is 5.22. The van der Waals surface area contributed by atoms with E-state index >= 15 is 0 Å². The van der Waals surface area contributed by atoms with Gasteiger partial charge in [-0.05, 0) is 54.4 Å². The third-order valence-corrected chi connectivity index (χ3v) is 5.83. The molecule has 2 heterocycles. The fraction of sp³-hybridized carbons (Fsp3) is 0.455. The molecule has 27 heavy (non-hydrogen) atoms. The van der Waals surface area contributed by atoms with Gasteiger partial charge >= 0.3 is 0 Å². The highest BCUT2D eigenvalue weighted by molar-refractivity contribution is 6.08. The molecular formula is C22H26N2O3. The lowest BCUT2D eigenvalue weighted by atomic mass is 9.65. The molecule has 2 aliphatic rings. The van der Waals surface area contributed by atoms with Crippen molar-refractivity contribution in [1.29, 1.82) is 0 Å². The molecule has 2 fully saturated rings. The van der Waals surface area contributed by atoms with E-state index in [1.807, 2.05) is 17.0 Å². The zero-order chi connectivity index (χ0) is 19.2. The maximum atomic E-state index is 13.4. The molecule has 2 atom stereocenters. The Bertz CT molecular complexity index is 871. The number of carbonyl (C=O) groups is 2. The lowest BCUT2D eigenvalue weighted by Gasteiger charge is -2.39.